The Balaban J connectivity index is 2.02. The summed E-state index contributed by atoms with van der Waals surface area (Å²) in [5, 5.41) is 7.33. The van der Waals surface area contributed by atoms with Gasteiger partial charge >= 0.3 is 0 Å². The Kier molecular flexibility index (Phi) is 8.64. The topological polar surface area (TPSA) is 50.2 Å². The zero-order chi connectivity index (χ0) is 20.5. The van der Waals surface area contributed by atoms with Crippen LogP contribution in [-0.2, 0) is 11.8 Å². The summed E-state index contributed by atoms with van der Waals surface area (Å²) >= 11 is 0. The molecule has 0 aliphatic rings. The van der Waals surface area contributed by atoms with Crippen LogP contribution in [0.4, 0.5) is 4.39 Å². The fraction of sp³-hybridized carbons (Fsp3) is 0.545. The summed E-state index contributed by atoms with van der Waals surface area (Å²) in [5.74, 6) is -0.305. The molecule has 154 valence electrons. The molecule has 0 spiro atoms. The Labute approximate surface area is 167 Å². The fourth-order valence-electron chi connectivity index (χ4n) is 3.55. The highest BCUT2D eigenvalue weighted by atomic mass is 19.1. The molecule has 6 heteroatoms. The second-order valence-corrected chi connectivity index (χ2v) is 7.64. The van der Waals surface area contributed by atoms with Gasteiger partial charge in [0.2, 0.25) is 5.91 Å². The third-order valence-corrected chi connectivity index (χ3v) is 4.94. The van der Waals surface area contributed by atoms with Gasteiger partial charge in [0.1, 0.15) is 5.82 Å². The molecule has 0 radical (unpaired) electrons. The molecule has 1 amide bonds. The van der Waals surface area contributed by atoms with E-state index >= 15 is 0 Å². The Bertz CT molecular complexity index is 746. The number of hydrogen-bond donors (Lipinski definition) is 1. The lowest BCUT2D eigenvalue weighted by Crippen LogP contribution is -2.41. The van der Waals surface area contributed by atoms with Crippen molar-refractivity contribution in [1.29, 1.82) is 0 Å². The van der Waals surface area contributed by atoms with Crippen LogP contribution in [0.5, 0.6) is 0 Å². The molecule has 1 N–H and O–H groups in total. The second kappa shape index (κ2) is 11.0. The maximum absolute atomic E-state index is 13.8. The molecule has 0 saturated carbocycles. The van der Waals surface area contributed by atoms with Gasteiger partial charge in [-0.05, 0) is 38.1 Å². The van der Waals surface area contributed by atoms with Crippen LogP contribution in [0.3, 0.4) is 0 Å². The van der Waals surface area contributed by atoms with Crippen molar-refractivity contribution in [2.45, 2.75) is 58.0 Å². The van der Waals surface area contributed by atoms with Crippen LogP contribution >= 0.6 is 0 Å². The maximum atomic E-state index is 13.8. The molecule has 1 aromatic heterocycles. The third kappa shape index (κ3) is 6.75. The molecule has 0 unspecified atom stereocenters. The first kappa shape index (κ1) is 22.1. The average molecular weight is 389 g/mol. The number of carbonyl (C=O) groups is 1. The number of nitrogens with zero attached hydrogens (tertiary/aromatic N) is 3. The Morgan fingerprint density at radius 3 is 2.71 bits per heavy atom. The van der Waals surface area contributed by atoms with Gasteiger partial charge in [0, 0.05) is 24.8 Å². The van der Waals surface area contributed by atoms with Crippen LogP contribution < -0.4 is 5.32 Å². The molecule has 2 aromatic rings. The van der Waals surface area contributed by atoms with Crippen molar-refractivity contribution in [3.05, 3.63) is 53.6 Å². The molecule has 0 fully saturated rings. The number of likely N-dealkylation sites (N-methyl/N-ethyl adjacent to an activating group) is 1. The molecule has 1 heterocycles. The minimum Gasteiger partial charge on any atom is -0.353 e. The van der Waals surface area contributed by atoms with E-state index in [-0.39, 0.29) is 30.4 Å². The molecule has 28 heavy (non-hydrogen) atoms. The highest BCUT2D eigenvalue weighted by molar-refractivity contribution is 5.78. The zero-order valence-electron chi connectivity index (χ0n) is 17.5. The van der Waals surface area contributed by atoms with E-state index in [4.69, 9.17) is 0 Å². The van der Waals surface area contributed by atoms with Gasteiger partial charge in [-0.25, -0.2) is 4.39 Å². The van der Waals surface area contributed by atoms with Gasteiger partial charge in [0.05, 0.1) is 18.8 Å². The summed E-state index contributed by atoms with van der Waals surface area (Å²) in [6, 6.07) is 6.43. The minimum absolute atomic E-state index is 0.0178. The van der Waals surface area contributed by atoms with Crippen molar-refractivity contribution in [2.75, 3.05) is 13.6 Å². The normalized spacial score (nSPS) is 13.5. The van der Waals surface area contributed by atoms with Crippen molar-refractivity contribution in [3.8, 4) is 0 Å². The molecule has 0 aliphatic heterocycles. The number of hydrogen-bond acceptors (Lipinski definition) is 3. The van der Waals surface area contributed by atoms with Gasteiger partial charge in [-0.2, -0.15) is 5.10 Å². The second-order valence-electron chi connectivity index (χ2n) is 7.64. The number of nitrogens with one attached hydrogen (secondary N) is 1. The molecule has 1 aromatic carbocycles. The number of amides is 1. The zero-order valence-corrected chi connectivity index (χ0v) is 17.5. The fourth-order valence-corrected chi connectivity index (χ4v) is 3.55. The minimum atomic E-state index is -0.287. The Hall–Kier alpha value is -2.21. The molecular weight excluding hydrogens is 355 g/mol. The summed E-state index contributed by atoms with van der Waals surface area (Å²) in [6.45, 7) is 4.47. The summed E-state index contributed by atoms with van der Waals surface area (Å²) in [6.07, 6.45) is 9.45. The summed E-state index contributed by atoms with van der Waals surface area (Å²) in [4.78, 5) is 14.5. The SMILES string of the molecule is CCCCCC[C@H](C)NC(=O)CN(C)[C@H](c1cccc(F)c1)c1cnn(C)c1. The van der Waals surface area contributed by atoms with E-state index in [1.54, 1.807) is 16.9 Å². The van der Waals surface area contributed by atoms with Crippen LogP contribution in [0.2, 0.25) is 0 Å². The van der Waals surface area contributed by atoms with Crippen molar-refractivity contribution < 1.29 is 9.18 Å². The molecule has 0 bridgehead atoms. The highest BCUT2D eigenvalue weighted by Crippen LogP contribution is 2.27. The number of halogens is 1. The quantitative estimate of drug-likeness (QED) is 0.591. The van der Waals surface area contributed by atoms with Crippen molar-refractivity contribution in [1.82, 2.24) is 20.0 Å². The molecular formula is C22H33FN4O. The summed E-state index contributed by atoms with van der Waals surface area (Å²) in [7, 11) is 3.73. The van der Waals surface area contributed by atoms with Crippen molar-refractivity contribution in [3.63, 3.8) is 0 Å². The molecule has 5 nitrogen and oxygen atoms in total. The number of benzene rings is 1. The number of rotatable bonds is 11. The van der Waals surface area contributed by atoms with Gasteiger partial charge < -0.3 is 5.32 Å². The van der Waals surface area contributed by atoms with E-state index in [0.717, 1.165) is 24.0 Å². The summed E-state index contributed by atoms with van der Waals surface area (Å²) in [5.41, 5.74) is 1.73. The number of carbonyl (C=O) groups excluding carboxylic acids is 1. The summed E-state index contributed by atoms with van der Waals surface area (Å²) < 4.78 is 15.5. The van der Waals surface area contributed by atoms with Crippen molar-refractivity contribution in [2.24, 2.45) is 7.05 Å². The van der Waals surface area contributed by atoms with Gasteiger partial charge in [-0.3, -0.25) is 14.4 Å². The number of aryl methyl sites for hydroxylation is 1. The first-order valence-electron chi connectivity index (χ1n) is 10.1. The Morgan fingerprint density at radius 2 is 2.07 bits per heavy atom. The third-order valence-electron chi connectivity index (χ3n) is 4.94. The van der Waals surface area contributed by atoms with E-state index in [2.05, 4.69) is 24.3 Å². The van der Waals surface area contributed by atoms with E-state index in [1.807, 2.05) is 31.3 Å². The first-order valence-corrected chi connectivity index (χ1v) is 10.1. The van der Waals surface area contributed by atoms with E-state index in [9.17, 15) is 9.18 Å². The number of aromatic nitrogens is 2. The van der Waals surface area contributed by atoms with E-state index < -0.39 is 0 Å². The predicted molar refractivity (Wildman–Crippen MR) is 110 cm³/mol. The van der Waals surface area contributed by atoms with Gasteiger partial charge in [0.15, 0.2) is 0 Å². The molecule has 0 saturated heterocycles. The van der Waals surface area contributed by atoms with Crippen molar-refractivity contribution >= 4 is 5.91 Å². The lowest BCUT2D eigenvalue weighted by atomic mass is 10.00. The van der Waals surface area contributed by atoms with Crippen LogP contribution in [-0.4, -0.2) is 40.2 Å². The van der Waals surface area contributed by atoms with E-state index in [1.165, 1.54) is 31.4 Å². The highest BCUT2D eigenvalue weighted by Gasteiger charge is 2.23. The van der Waals surface area contributed by atoms with Crippen LogP contribution in [0, 0.1) is 5.82 Å². The monoisotopic (exact) mass is 388 g/mol. The van der Waals surface area contributed by atoms with Gasteiger partial charge in [-0.1, -0.05) is 44.7 Å². The van der Waals surface area contributed by atoms with Gasteiger partial charge in [-0.15, -0.1) is 0 Å². The largest absolute Gasteiger partial charge is 0.353 e. The molecule has 2 rings (SSSR count). The lowest BCUT2D eigenvalue weighted by Gasteiger charge is -2.28. The van der Waals surface area contributed by atoms with Crippen LogP contribution in [0.15, 0.2) is 36.7 Å². The first-order chi connectivity index (χ1) is 13.4. The average Bonchev–Trinajstić information content (AvgIpc) is 3.04. The molecule has 2 atom stereocenters. The Morgan fingerprint density at radius 1 is 1.29 bits per heavy atom. The smallest absolute Gasteiger partial charge is 0.234 e. The van der Waals surface area contributed by atoms with Crippen LogP contribution in [0.25, 0.3) is 0 Å². The number of unbranched alkanes of at least 4 members (excludes halogenated alkanes) is 3. The standard InChI is InChI=1S/C22H33FN4O/c1-5-6-7-8-10-17(2)25-21(28)16-26(3)22(19-14-24-27(4)15-19)18-11-9-12-20(23)13-18/h9,11-15,17,22H,5-8,10,16H2,1-4H3,(H,25,28)/t17-,22+/m0/s1. The predicted octanol–water partition coefficient (Wildman–Crippen LogP) is 4.06. The van der Waals surface area contributed by atoms with Gasteiger partial charge in [0.25, 0.3) is 0 Å². The lowest BCUT2D eigenvalue weighted by molar-refractivity contribution is -0.122. The van der Waals surface area contributed by atoms with Crippen LogP contribution in [0.1, 0.15) is 63.1 Å². The molecule has 0 aliphatic carbocycles. The maximum Gasteiger partial charge on any atom is 0.234 e. The van der Waals surface area contributed by atoms with E-state index in [0.29, 0.717) is 0 Å².